The summed E-state index contributed by atoms with van der Waals surface area (Å²) in [6.45, 7) is 2.06. The van der Waals surface area contributed by atoms with Crippen molar-refractivity contribution in [3.63, 3.8) is 0 Å². The monoisotopic (exact) mass is 416 g/mol. The molecule has 0 saturated carbocycles. The number of nitrogens with zero attached hydrogens (tertiary/aromatic N) is 1. The fourth-order valence-corrected chi connectivity index (χ4v) is 3.46. The zero-order valence-corrected chi connectivity index (χ0v) is 17.2. The molecule has 0 fully saturated rings. The molecule has 0 aromatic heterocycles. The molecule has 0 bridgehead atoms. The molecule has 6 heteroatoms. The van der Waals surface area contributed by atoms with Crippen molar-refractivity contribution in [2.45, 2.75) is 13.3 Å². The number of ether oxygens (including phenoxy) is 1. The molecule has 0 radical (unpaired) electrons. The molecule has 1 aliphatic rings. The summed E-state index contributed by atoms with van der Waals surface area (Å²) in [5.74, 6) is -0.759. The molecular weight excluding hydrogens is 395 g/mol. The molecule has 5 nitrogen and oxygen atoms in total. The van der Waals surface area contributed by atoms with Gasteiger partial charge >= 0.3 is 0 Å². The fraction of sp³-hybridized carbons (Fsp3) is 0.120. The number of carbonyl (C=O) groups excluding carboxylic acids is 2. The largest absolute Gasteiger partial charge is 0.497 e. The van der Waals surface area contributed by atoms with Gasteiger partial charge in [-0.05, 0) is 66.1 Å². The zero-order chi connectivity index (χ0) is 22.0. The van der Waals surface area contributed by atoms with Crippen LogP contribution in [0.5, 0.6) is 5.75 Å². The number of hydrogen-bond acceptors (Lipinski definition) is 4. The molecule has 0 aliphatic carbocycles. The summed E-state index contributed by atoms with van der Waals surface area (Å²) in [5.41, 5.74) is 3.07. The summed E-state index contributed by atoms with van der Waals surface area (Å²) >= 11 is 0. The van der Waals surface area contributed by atoms with Gasteiger partial charge in [0, 0.05) is 5.69 Å². The Morgan fingerprint density at radius 1 is 0.871 bits per heavy atom. The van der Waals surface area contributed by atoms with Crippen molar-refractivity contribution in [3.05, 3.63) is 95.4 Å². The lowest BCUT2D eigenvalue weighted by atomic mass is 10.0. The minimum absolute atomic E-state index is 0.150. The van der Waals surface area contributed by atoms with Crippen molar-refractivity contribution in [3.8, 4) is 5.75 Å². The highest BCUT2D eigenvalue weighted by molar-refractivity contribution is 6.46. The number of anilines is 2. The van der Waals surface area contributed by atoms with E-state index in [-0.39, 0.29) is 11.3 Å². The Hall–Kier alpha value is -3.93. The first-order valence-corrected chi connectivity index (χ1v) is 9.91. The van der Waals surface area contributed by atoms with Crippen LogP contribution in [0.15, 0.2) is 78.5 Å². The first kappa shape index (κ1) is 20.3. The number of halogens is 1. The Bertz CT molecular complexity index is 1150. The second-order valence-corrected chi connectivity index (χ2v) is 7.08. The molecule has 0 saturated heterocycles. The van der Waals surface area contributed by atoms with Gasteiger partial charge in [0.1, 0.15) is 17.3 Å². The maximum atomic E-state index is 13.5. The molecule has 0 spiro atoms. The van der Waals surface area contributed by atoms with E-state index in [1.165, 1.54) is 24.3 Å². The van der Waals surface area contributed by atoms with Crippen LogP contribution in [0.2, 0.25) is 0 Å². The number of nitrogens with one attached hydrogen (secondary N) is 1. The van der Waals surface area contributed by atoms with Gasteiger partial charge in [-0.1, -0.05) is 31.2 Å². The van der Waals surface area contributed by atoms with Crippen molar-refractivity contribution in [2.75, 3.05) is 17.3 Å². The van der Waals surface area contributed by atoms with E-state index in [1.54, 1.807) is 31.4 Å². The highest BCUT2D eigenvalue weighted by atomic mass is 19.1. The molecule has 156 valence electrons. The van der Waals surface area contributed by atoms with Gasteiger partial charge in [-0.25, -0.2) is 9.29 Å². The SMILES string of the molecule is CCc1ccc(NC2=C(c3ccc(F)cc3)C(=O)N(c3ccc(OC)cc3)C2=O)cc1. The number of aryl methyl sites for hydroxylation is 1. The van der Waals surface area contributed by atoms with Crippen LogP contribution in [-0.4, -0.2) is 18.9 Å². The second kappa shape index (κ2) is 8.44. The lowest BCUT2D eigenvalue weighted by Crippen LogP contribution is -2.32. The first-order chi connectivity index (χ1) is 15.0. The molecular formula is C25H21FN2O3. The van der Waals surface area contributed by atoms with Gasteiger partial charge in [-0.2, -0.15) is 0 Å². The van der Waals surface area contributed by atoms with Crippen molar-refractivity contribution >= 4 is 28.8 Å². The van der Waals surface area contributed by atoms with E-state index in [0.717, 1.165) is 16.9 Å². The van der Waals surface area contributed by atoms with Gasteiger partial charge in [-0.3, -0.25) is 9.59 Å². The van der Waals surface area contributed by atoms with Crippen molar-refractivity contribution in [1.82, 2.24) is 0 Å². The highest BCUT2D eigenvalue weighted by Gasteiger charge is 2.40. The summed E-state index contributed by atoms with van der Waals surface area (Å²) < 4.78 is 18.6. The van der Waals surface area contributed by atoms with Crippen LogP contribution in [0.1, 0.15) is 18.1 Å². The van der Waals surface area contributed by atoms with E-state index < -0.39 is 17.6 Å². The maximum Gasteiger partial charge on any atom is 0.282 e. The third kappa shape index (κ3) is 3.92. The Morgan fingerprint density at radius 3 is 2.10 bits per heavy atom. The van der Waals surface area contributed by atoms with E-state index in [2.05, 4.69) is 12.2 Å². The summed E-state index contributed by atoms with van der Waals surface area (Å²) in [6, 6.07) is 19.8. The molecule has 1 N–H and O–H groups in total. The van der Waals surface area contributed by atoms with Crippen LogP contribution in [0.4, 0.5) is 15.8 Å². The van der Waals surface area contributed by atoms with E-state index >= 15 is 0 Å². The molecule has 3 aromatic carbocycles. The number of benzene rings is 3. The first-order valence-electron chi connectivity index (χ1n) is 9.91. The van der Waals surface area contributed by atoms with Crippen LogP contribution in [-0.2, 0) is 16.0 Å². The van der Waals surface area contributed by atoms with Crippen molar-refractivity contribution in [2.24, 2.45) is 0 Å². The summed E-state index contributed by atoms with van der Waals surface area (Å²) in [4.78, 5) is 27.8. The smallest absolute Gasteiger partial charge is 0.282 e. The van der Waals surface area contributed by atoms with Crippen molar-refractivity contribution < 1.29 is 18.7 Å². The highest BCUT2D eigenvalue weighted by Crippen LogP contribution is 2.34. The Balaban J connectivity index is 1.77. The van der Waals surface area contributed by atoms with Gasteiger partial charge in [0.05, 0.1) is 18.4 Å². The molecule has 3 aromatic rings. The van der Waals surface area contributed by atoms with Crippen molar-refractivity contribution in [1.29, 1.82) is 0 Å². The van der Waals surface area contributed by atoms with Gasteiger partial charge in [0.2, 0.25) is 0 Å². The number of rotatable bonds is 6. The van der Waals surface area contributed by atoms with Gasteiger partial charge in [-0.15, -0.1) is 0 Å². The Labute approximate surface area is 179 Å². The quantitative estimate of drug-likeness (QED) is 0.587. The molecule has 31 heavy (non-hydrogen) atoms. The zero-order valence-electron chi connectivity index (χ0n) is 17.2. The van der Waals surface area contributed by atoms with Gasteiger partial charge in [0.25, 0.3) is 11.8 Å². The average Bonchev–Trinajstić information content (AvgIpc) is 3.04. The summed E-state index contributed by atoms with van der Waals surface area (Å²) in [7, 11) is 1.54. The Kier molecular flexibility index (Phi) is 5.54. The molecule has 0 unspecified atom stereocenters. The molecule has 0 atom stereocenters. The minimum Gasteiger partial charge on any atom is -0.497 e. The predicted octanol–water partition coefficient (Wildman–Crippen LogP) is 4.79. The van der Waals surface area contributed by atoms with Crippen LogP contribution in [0.3, 0.4) is 0 Å². The van der Waals surface area contributed by atoms with E-state index in [0.29, 0.717) is 22.7 Å². The van der Waals surface area contributed by atoms with Gasteiger partial charge in [0.15, 0.2) is 0 Å². The molecule has 1 heterocycles. The summed E-state index contributed by atoms with van der Waals surface area (Å²) in [6.07, 6.45) is 0.895. The van der Waals surface area contributed by atoms with E-state index in [1.807, 2.05) is 24.3 Å². The number of hydrogen-bond donors (Lipinski definition) is 1. The molecule has 2 amide bonds. The number of amides is 2. The Morgan fingerprint density at radius 2 is 1.52 bits per heavy atom. The topological polar surface area (TPSA) is 58.6 Å². The van der Waals surface area contributed by atoms with E-state index in [9.17, 15) is 14.0 Å². The van der Waals surface area contributed by atoms with Crippen LogP contribution < -0.4 is 15.0 Å². The van der Waals surface area contributed by atoms with Crippen LogP contribution in [0.25, 0.3) is 5.57 Å². The number of imide groups is 1. The van der Waals surface area contributed by atoms with Crippen LogP contribution >= 0.6 is 0 Å². The third-order valence-electron chi connectivity index (χ3n) is 5.18. The maximum absolute atomic E-state index is 13.5. The lowest BCUT2D eigenvalue weighted by molar-refractivity contribution is -0.120. The molecule has 1 aliphatic heterocycles. The minimum atomic E-state index is -0.478. The normalized spacial score (nSPS) is 13.7. The van der Waals surface area contributed by atoms with Crippen LogP contribution in [0, 0.1) is 5.82 Å². The van der Waals surface area contributed by atoms with Gasteiger partial charge < -0.3 is 10.1 Å². The summed E-state index contributed by atoms with van der Waals surface area (Å²) in [5, 5.41) is 3.11. The molecule has 4 rings (SSSR count). The second-order valence-electron chi connectivity index (χ2n) is 7.08. The predicted molar refractivity (Wildman–Crippen MR) is 118 cm³/mol. The lowest BCUT2D eigenvalue weighted by Gasteiger charge is -2.16. The fourth-order valence-electron chi connectivity index (χ4n) is 3.46. The number of methoxy groups -OCH3 is 1. The standard InChI is InChI=1S/C25H21FN2O3/c1-3-16-4-10-19(11-5-16)27-23-22(17-6-8-18(26)9-7-17)24(29)28(25(23)30)20-12-14-21(31-2)15-13-20/h4-15,27H,3H2,1-2H3. The van der Waals surface area contributed by atoms with E-state index in [4.69, 9.17) is 4.74 Å². The third-order valence-corrected chi connectivity index (χ3v) is 5.18. The average molecular weight is 416 g/mol. The number of carbonyl (C=O) groups is 2.